The van der Waals surface area contributed by atoms with Crippen LogP contribution >= 0.6 is 11.8 Å². The molecule has 3 heteroatoms. The predicted molar refractivity (Wildman–Crippen MR) is 89.1 cm³/mol. The third kappa shape index (κ3) is 6.05. The number of hydrogen-bond donors (Lipinski definition) is 1. The summed E-state index contributed by atoms with van der Waals surface area (Å²) in [5.41, 5.74) is 0.662. The molecule has 2 nitrogen and oxygen atoms in total. The van der Waals surface area contributed by atoms with Gasteiger partial charge in [-0.2, -0.15) is 11.8 Å². The van der Waals surface area contributed by atoms with E-state index in [0.717, 1.165) is 11.8 Å². The molecule has 1 N–H and O–H groups in total. The highest BCUT2D eigenvalue weighted by atomic mass is 32.2. The maximum absolute atomic E-state index is 3.73. The molecule has 0 bridgehead atoms. The zero-order valence-electron chi connectivity index (χ0n) is 13.9. The van der Waals surface area contributed by atoms with Crippen LogP contribution < -0.4 is 5.32 Å². The average molecular weight is 287 g/mol. The Morgan fingerprint density at radius 3 is 2.32 bits per heavy atom. The van der Waals surface area contributed by atoms with E-state index in [2.05, 4.69) is 63.5 Å². The summed E-state index contributed by atoms with van der Waals surface area (Å²) in [6.45, 7) is 18.8. The van der Waals surface area contributed by atoms with Gasteiger partial charge in [-0.1, -0.05) is 20.8 Å². The van der Waals surface area contributed by atoms with Gasteiger partial charge in [0.25, 0.3) is 0 Å². The van der Waals surface area contributed by atoms with Crippen LogP contribution in [0.1, 0.15) is 54.4 Å². The van der Waals surface area contributed by atoms with E-state index in [1.165, 1.54) is 38.2 Å². The summed E-state index contributed by atoms with van der Waals surface area (Å²) >= 11 is 2.12. The highest BCUT2D eigenvalue weighted by Gasteiger charge is 2.31. The molecule has 0 aliphatic carbocycles. The topological polar surface area (TPSA) is 15.3 Å². The Morgan fingerprint density at radius 2 is 1.84 bits per heavy atom. The van der Waals surface area contributed by atoms with Gasteiger partial charge < -0.3 is 10.2 Å². The Hall–Kier alpha value is 0.270. The van der Waals surface area contributed by atoms with Crippen molar-refractivity contribution in [1.29, 1.82) is 0 Å². The zero-order chi connectivity index (χ0) is 14.5. The predicted octanol–water partition coefficient (Wildman–Crippen LogP) is 3.62. The first kappa shape index (κ1) is 17.3. The quantitative estimate of drug-likeness (QED) is 0.803. The molecule has 0 aromatic heterocycles. The molecule has 0 radical (unpaired) electrons. The minimum absolute atomic E-state index is 0.223. The van der Waals surface area contributed by atoms with E-state index in [9.17, 15) is 0 Å². The van der Waals surface area contributed by atoms with Gasteiger partial charge in [0, 0.05) is 42.7 Å². The van der Waals surface area contributed by atoms with Crippen LogP contribution in [0.4, 0.5) is 0 Å². The fraction of sp³-hybridized carbons (Fsp3) is 1.00. The molecule has 0 spiro atoms. The lowest BCUT2D eigenvalue weighted by Crippen LogP contribution is -2.50. The molecule has 114 valence electrons. The summed E-state index contributed by atoms with van der Waals surface area (Å²) in [7, 11) is 0. The van der Waals surface area contributed by atoms with Gasteiger partial charge in [0.15, 0.2) is 0 Å². The fourth-order valence-corrected chi connectivity index (χ4v) is 3.82. The fourth-order valence-electron chi connectivity index (χ4n) is 2.74. The molecule has 1 unspecified atom stereocenters. The molecule has 1 rings (SSSR count). The first-order valence-electron chi connectivity index (χ1n) is 7.89. The molecule has 0 saturated carbocycles. The normalized spacial score (nSPS) is 22.7. The third-order valence-corrected chi connectivity index (χ3v) is 5.51. The van der Waals surface area contributed by atoms with E-state index >= 15 is 0 Å². The molecular weight excluding hydrogens is 252 g/mol. The van der Waals surface area contributed by atoms with Gasteiger partial charge in [-0.15, -0.1) is 0 Å². The highest BCUT2D eigenvalue weighted by molar-refractivity contribution is 7.99. The van der Waals surface area contributed by atoms with Gasteiger partial charge in [-0.3, -0.25) is 0 Å². The molecule has 1 heterocycles. The Morgan fingerprint density at radius 1 is 1.21 bits per heavy atom. The minimum atomic E-state index is 0.223. The summed E-state index contributed by atoms with van der Waals surface area (Å²) in [5, 5.41) is 4.54. The first-order chi connectivity index (χ1) is 8.80. The van der Waals surface area contributed by atoms with Crippen molar-refractivity contribution in [2.75, 3.05) is 31.9 Å². The second-order valence-corrected chi connectivity index (χ2v) is 8.77. The minimum Gasteiger partial charge on any atom is -0.311 e. The van der Waals surface area contributed by atoms with E-state index < -0.39 is 0 Å². The smallest absolute Gasteiger partial charge is 0.0147 e. The van der Waals surface area contributed by atoms with E-state index in [4.69, 9.17) is 0 Å². The van der Waals surface area contributed by atoms with E-state index in [0.29, 0.717) is 5.41 Å². The lowest BCUT2D eigenvalue weighted by atomic mass is 9.81. The van der Waals surface area contributed by atoms with Crippen LogP contribution in [0.5, 0.6) is 0 Å². The molecule has 1 aliphatic rings. The van der Waals surface area contributed by atoms with Crippen LogP contribution in [0.15, 0.2) is 0 Å². The Balaban J connectivity index is 2.59. The van der Waals surface area contributed by atoms with Crippen LogP contribution in [-0.4, -0.2) is 47.6 Å². The third-order valence-electron chi connectivity index (χ3n) is 4.38. The maximum Gasteiger partial charge on any atom is 0.0147 e. The summed E-state index contributed by atoms with van der Waals surface area (Å²) in [6.07, 6.45) is 2.54. The van der Waals surface area contributed by atoms with Gasteiger partial charge in [0.05, 0.1) is 0 Å². The zero-order valence-corrected chi connectivity index (χ0v) is 14.7. The number of hydrogen-bond acceptors (Lipinski definition) is 3. The van der Waals surface area contributed by atoms with Gasteiger partial charge in [0.2, 0.25) is 0 Å². The lowest BCUT2D eigenvalue weighted by Gasteiger charge is -2.41. The SMILES string of the molecule is CCC(CC)(CNC(C)(C)C)CN1CCSC(C)C1. The molecule has 1 aliphatic heterocycles. The summed E-state index contributed by atoms with van der Waals surface area (Å²) < 4.78 is 0. The Kier molecular flexibility index (Phi) is 6.68. The van der Waals surface area contributed by atoms with E-state index in [1.54, 1.807) is 0 Å². The van der Waals surface area contributed by atoms with Crippen LogP contribution in [-0.2, 0) is 0 Å². The largest absolute Gasteiger partial charge is 0.311 e. The summed E-state index contributed by atoms with van der Waals surface area (Å²) in [6, 6.07) is 0. The van der Waals surface area contributed by atoms with Gasteiger partial charge >= 0.3 is 0 Å². The molecule has 0 aromatic rings. The number of nitrogens with one attached hydrogen (secondary N) is 1. The van der Waals surface area contributed by atoms with Gasteiger partial charge in [0.1, 0.15) is 0 Å². The van der Waals surface area contributed by atoms with Crippen molar-refractivity contribution in [2.24, 2.45) is 5.41 Å². The van der Waals surface area contributed by atoms with Crippen molar-refractivity contribution >= 4 is 11.8 Å². The number of thioether (sulfide) groups is 1. The molecule has 1 atom stereocenters. The standard InChI is InChI=1S/C16H34N2S/c1-7-16(8-2,12-17-15(4,5)6)13-18-9-10-19-14(3)11-18/h14,17H,7-13H2,1-6H3. The second kappa shape index (κ2) is 7.33. The van der Waals surface area contributed by atoms with Crippen LogP contribution in [0.25, 0.3) is 0 Å². The monoisotopic (exact) mass is 286 g/mol. The first-order valence-corrected chi connectivity index (χ1v) is 8.94. The van der Waals surface area contributed by atoms with Gasteiger partial charge in [-0.25, -0.2) is 0 Å². The van der Waals surface area contributed by atoms with Crippen molar-refractivity contribution in [3.63, 3.8) is 0 Å². The van der Waals surface area contributed by atoms with Gasteiger partial charge in [-0.05, 0) is 39.0 Å². The number of nitrogens with zero attached hydrogens (tertiary/aromatic N) is 1. The molecule has 19 heavy (non-hydrogen) atoms. The summed E-state index contributed by atoms with van der Waals surface area (Å²) in [4.78, 5) is 2.69. The van der Waals surface area contributed by atoms with Crippen LogP contribution in [0, 0.1) is 5.41 Å². The van der Waals surface area contributed by atoms with Crippen molar-refractivity contribution in [3.8, 4) is 0 Å². The Bertz CT molecular complexity index is 256. The summed E-state index contributed by atoms with van der Waals surface area (Å²) in [5.74, 6) is 1.30. The van der Waals surface area contributed by atoms with Crippen molar-refractivity contribution in [3.05, 3.63) is 0 Å². The van der Waals surface area contributed by atoms with Crippen molar-refractivity contribution < 1.29 is 0 Å². The van der Waals surface area contributed by atoms with Crippen LogP contribution in [0.2, 0.25) is 0 Å². The maximum atomic E-state index is 3.73. The van der Waals surface area contributed by atoms with Crippen molar-refractivity contribution in [2.45, 2.75) is 65.2 Å². The highest BCUT2D eigenvalue weighted by Crippen LogP contribution is 2.29. The molecule has 1 fully saturated rings. The second-order valence-electron chi connectivity index (χ2n) is 7.23. The molecule has 1 saturated heterocycles. The Labute approximate surface area is 125 Å². The number of rotatable bonds is 6. The van der Waals surface area contributed by atoms with E-state index in [1.807, 2.05) is 0 Å². The molecule has 0 aromatic carbocycles. The lowest BCUT2D eigenvalue weighted by molar-refractivity contribution is 0.129. The van der Waals surface area contributed by atoms with Crippen molar-refractivity contribution in [1.82, 2.24) is 10.2 Å². The van der Waals surface area contributed by atoms with E-state index in [-0.39, 0.29) is 5.54 Å². The molecule has 0 amide bonds. The molecular formula is C16H34N2S. The average Bonchev–Trinajstić information content (AvgIpc) is 2.34. The van der Waals surface area contributed by atoms with Crippen LogP contribution in [0.3, 0.4) is 0 Å².